The van der Waals surface area contributed by atoms with E-state index in [1.54, 1.807) is 20.8 Å². The lowest BCUT2D eigenvalue weighted by atomic mass is 10.1. The Morgan fingerprint density at radius 2 is 1.59 bits per heavy atom. The first-order chi connectivity index (χ1) is 7.49. The number of carbonyl (C=O) groups excluding carboxylic acids is 2. The molecular weight excluding hydrogens is 220 g/mol. The third kappa shape index (κ3) is 5.68. The van der Waals surface area contributed by atoms with Crippen molar-refractivity contribution in [3.05, 3.63) is 0 Å². The second-order valence-electron chi connectivity index (χ2n) is 5.65. The Morgan fingerprint density at radius 1 is 1.12 bits per heavy atom. The third-order valence-corrected chi connectivity index (χ3v) is 2.30. The van der Waals surface area contributed by atoms with Crippen LogP contribution in [-0.4, -0.2) is 36.1 Å². The lowest BCUT2D eigenvalue weighted by molar-refractivity contribution is -0.142. The van der Waals surface area contributed by atoms with Gasteiger partial charge in [-0.25, -0.2) is 0 Å². The van der Waals surface area contributed by atoms with Crippen LogP contribution >= 0.6 is 0 Å². The van der Waals surface area contributed by atoms with Crippen molar-refractivity contribution in [3.8, 4) is 0 Å². The van der Waals surface area contributed by atoms with E-state index in [1.165, 1.54) is 7.11 Å². The van der Waals surface area contributed by atoms with Gasteiger partial charge in [-0.3, -0.25) is 9.59 Å². The van der Waals surface area contributed by atoms with Gasteiger partial charge in [0.2, 0.25) is 5.91 Å². The standard InChI is InChI=1S/C12H24N2O3/c1-8(9(15)14-11(2,3)4)13-10(16)12(5,6)17-7/h8H,1-7H3,(H,13,16)(H,14,15). The van der Waals surface area contributed by atoms with Gasteiger partial charge in [-0.1, -0.05) is 0 Å². The van der Waals surface area contributed by atoms with E-state index in [0.29, 0.717) is 0 Å². The maximum Gasteiger partial charge on any atom is 0.252 e. The van der Waals surface area contributed by atoms with Crippen molar-refractivity contribution in [2.24, 2.45) is 0 Å². The summed E-state index contributed by atoms with van der Waals surface area (Å²) in [7, 11) is 1.46. The van der Waals surface area contributed by atoms with Gasteiger partial charge in [0, 0.05) is 12.6 Å². The minimum absolute atomic E-state index is 0.210. The molecule has 0 spiro atoms. The van der Waals surface area contributed by atoms with E-state index in [4.69, 9.17) is 4.74 Å². The van der Waals surface area contributed by atoms with Crippen molar-refractivity contribution in [3.63, 3.8) is 0 Å². The summed E-state index contributed by atoms with van der Waals surface area (Å²) in [6, 6.07) is -0.587. The van der Waals surface area contributed by atoms with Crippen LogP contribution < -0.4 is 10.6 Å². The maximum absolute atomic E-state index is 11.8. The number of methoxy groups -OCH3 is 1. The maximum atomic E-state index is 11.8. The number of hydrogen-bond donors (Lipinski definition) is 2. The predicted molar refractivity (Wildman–Crippen MR) is 66.6 cm³/mol. The molecule has 0 fully saturated rings. The van der Waals surface area contributed by atoms with Crippen LogP contribution in [0.3, 0.4) is 0 Å². The zero-order chi connectivity index (χ0) is 13.9. The number of nitrogens with one attached hydrogen (secondary N) is 2. The van der Waals surface area contributed by atoms with E-state index in [2.05, 4.69) is 10.6 Å². The Labute approximate surface area is 103 Å². The minimum atomic E-state index is -0.934. The Bertz CT molecular complexity index is 293. The van der Waals surface area contributed by atoms with Crippen LogP contribution in [0.25, 0.3) is 0 Å². The smallest absolute Gasteiger partial charge is 0.252 e. The fourth-order valence-electron chi connectivity index (χ4n) is 1.01. The lowest BCUT2D eigenvalue weighted by Gasteiger charge is -2.27. The van der Waals surface area contributed by atoms with Crippen LogP contribution in [0.15, 0.2) is 0 Å². The highest BCUT2D eigenvalue weighted by Crippen LogP contribution is 2.07. The SMILES string of the molecule is COC(C)(C)C(=O)NC(C)C(=O)NC(C)(C)C. The van der Waals surface area contributed by atoms with Crippen LogP contribution in [-0.2, 0) is 14.3 Å². The summed E-state index contributed by atoms with van der Waals surface area (Å²) in [4.78, 5) is 23.5. The first-order valence-electron chi connectivity index (χ1n) is 5.68. The monoisotopic (exact) mass is 244 g/mol. The average Bonchev–Trinajstić information content (AvgIpc) is 2.14. The molecule has 0 aromatic heterocycles. The summed E-state index contributed by atoms with van der Waals surface area (Å²) in [5.74, 6) is -0.519. The molecule has 0 aromatic rings. The highest BCUT2D eigenvalue weighted by Gasteiger charge is 2.30. The van der Waals surface area contributed by atoms with Gasteiger partial charge in [0.25, 0.3) is 5.91 Å². The van der Waals surface area contributed by atoms with E-state index < -0.39 is 11.6 Å². The lowest BCUT2D eigenvalue weighted by Crippen LogP contribution is -2.54. The fourth-order valence-corrected chi connectivity index (χ4v) is 1.01. The van der Waals surface area contributed by atoms with Crippen LogP contribution in [0, 0.1) is 0 Å². The number of hydrogen-bond acceptors (Lipinski definition) is 3. The van der Waals surface area contributed by atoms with E-state index >= 15 is 0 Å². The topological polar surface area (TPSA) is 67.4 Å². The quantitative estimate of drug-likeness (QED) is 0.769. The molecule has 0 rings (SSSR count). The number of carbonyl (C=O) groups is 2. The molecule has 5 heteroatoms. The molecule has 0 saturated heterocycles. The molecule has 100 valence electrons. The molecule has 2 N–H and O–H groups in total. The molecule has 5 nitrogen and oxygen atoms in total. The van der Waals surface area contributed by atoms with Gasteiger partial charge in [-0.05, 0) is 41.5 Å². The molecule has 0 bridgehead atoms. The molecule has 0 saturated carbocycles. The highest BCUT2D eigenvalue weighted by atomic mass is 16.5. The first kappa shape index (κ1) is 15.9. The van der Waals surface area contributed by atoms with Gasteiger partial charge in [0.1, 0.15) is 11.6 Å². The number of amides is 2. The first-order valence-corrected chi connectivity index (χ1v) is 5.68. The molecular formula is C12H24N2O3. The number of ether oxygens (including phenoxy) is 1. The third-order valence-electron chi connectivity index (χ3n) is 2.30. The Morgan fingerprint density at radius 3 is 1.94 bits per heavy atom. The Hall–Kier alpha value is -1.10. The van der Waals surface area contributed by atoms with Crippen molar-refractivity contribution in [2.75, 3.05) is 7.11 Å². The van der Waals surface area contributed by atoms with E-state index in [9.17, 15) is 9.59 Å². The summed E-state index contributed by atoms with van der Waals surface area (Å²) in [6.45, 7) is 10.6. The van der Waals surface area contributed by atoms with Gasteiger partial charge in [0.05, 0.1) is 0 Å². The normalized spacial score (nSPS) is 14.1. The molecule has 0 radical (unpaired) electrons. The molecule has 2 amide bonds. The zero-order valence-corrected chi connectivity index (χ0v) is 11.8. The van der Waals surface area contributed by atoms with Gasteiger partial charge < -0.3 is 15.4 Å². The molecule has 0 aliphatic heterocycles. The molecule has 0 aliphatic carbocycles. The summed E-state index contributed by atoms with van der Waals surface area (Å²) in [6.07, 6.45) is 0. The van der Waals surface area contributed by atoms with Crippen molar-refractivity contribution in [2.45, 2.75) is 58.7 Å². The van der Waals surface area contributed by atoms with Crippen LogP contribution in [0.2, 0.25) is 0 Å². The number of rotatable bonds is 4. The summed E-state index contributed by atoms with van der Waals surface area (Å²) in [5.41, 5.74) is -1.25. The second kappa shape index (κ2) is 5.49. The Kier molecular flexibility index (Phi) is 5.13. The van der Waals surface area contributed by atoms with E-state index in [0.717, 1.165) is 0 Å². The van der Waals surface area contributed by atoms with Gasteiger partial charge >= 0.3 is 0 Å². The zero-order valence-electron chi connectivity index (χ0n) is 11.8. The molecule has 17 heavy (non-hydrogen) atoms. The summed E-state index contributed by atoms with van der Waals surface area (Å²) < 4.78 is 5.04. The van der Waals surface area contributed by atoms with Crippen LogP contribution in [0.4, 0.5) is 0 Å². The largest absolute Gasteiger partial charge is 0.369 e. The summed E-state index contributed by atoms with van der Waals surface area (Å²) in [5, 5.41) is 5.42. The van der Waals surface area contributed by atoms with Crippen molar-refractivity contribution >= 4 is 11.8 Å². The molecule has 0 heterocycles. The molecule has 1 unspecified atom stereocenters. The molecule has 0 aliphatic rings. The van der Waals surface area contributed by atoms with Crippen molar-refractivity contribution < 1.29 is 14.3 Å². The fraction of sp³-hybridized carbons (Fsp3) is 0.833. The minimum Gasteiger partial charge on any atom is -0.369 e. The Balaban J connectivity index is 4.41. The van der Waals surface area contributed by atoms with E-state index in [-0.39, 0.29) is 17.4 Å². The van der Waals surface area contributed by atoms with Gasteiger partial charge in [-0.15, -0.1) is 0 Å². The van der Waals surface area contributed by atoms with Crippen molar-refractivity contribution in [1.82, 2.24) is 10.6 Å². The molecule has 0 aromatic carbocycles. The van der Waals surface area contributed by atoms with Crippen LogP contribution in [0.1, 0.15) is 41.5 Å². The average molecular weight is 244 g/mol. The van der Waals surface area contributed by atoms with E-state index in [1.807, 2.05) is 20.8 Å². The van der Waals surface area contributed by atoms with Gasteiger partial charge in [0.15, 0.2) is 0 Å². The van der Waals surface area contributed by atoms with Crippen LogP contribution in [0.5, 0.6) is 0 Å². The predicted octanol–water partition coefficient (Wildman–Crippen LogP) is 0.831. The summed E-state index contributed by atoms with van der Waals surface area (Å²) >= 11 is 0. The molecule has 1 atom stereocenters. The highest BCUT2D eigenvalue weighted by molar-refractivity contribution is 5.90. The second-order valence-corrected chi connectivity index (χ2v) is 5.65. The van der Waals surface area contributed by atoms with Gasteiger partial charge in [-0.2, -0.15) is 0 Å². The van der Waals surface area contributed by atoms with Crippen molar-refractivity contribution in [1.29, 1.82) is 0 Å².